The maximum absolute atomic E-state index is 11.9. The van der Waals surface area contributed by atoms with Gasteiger partial charge in [-0.05, 0) is 44.2 Å². The van der Waals surface area contributed by atoms with E-state index in [0.717, 1.165) is 9.75 Å². The highest BCUT2D eigenvalue weighted by molar-refractivity contribution is 7.12. The van der Waals surface area contributed by atoms with E-state index in [1.807, 2.05) is 19.9 Å². The first-order valence-corrected chi connectivity index (χ1v) is 7.35. The summed E-state index contributed by atoms with van der Waals surface area (Å²) >= 11 is 1.51. The molecule has 2 rings (SSSR count). The average Bonchev–Trinajstić information content (AvgIpc) is 2.84. The highest BCUT2D eigenvalue weighted by atomic mass is 32.1. The van der Waals surface area contributed by atoms with Crippen molar-refractivity contribution in [3.63, 3.8) is 0 Å². The smallest absolute Gasteiger partial charge is 0.339 e. The number of thiophene rings is 1. The van der Waals surface area contributed by atoms with Crippen LogP contribution in [0.25, 0.3) is 0 Å². The van der Waals surface area contributed by atoms with E-state index >= 15 is 0 Å². The van der Waals surface area contributed by atoms with Crippen LogP contribution in [0.1, 0.15) is 25.7 Å². The van der Waals surface area contributed by atoms with E-state index in [4.69, 9.17) is 10.00 Å². The molecule has 0 unspecified atom stereocenters. The zero-order chi connectivity index (χ0) is 16.1. The lowest BCUT2D eigenvalue weighted by molar-refractivity contribution is -0.119. The number of hydrogen-bond donors (Lipinski definition) is 1. The molecular weight excluding hydrogens is 300 g/mol. The summed E-state index contributed by atoms with van der Waals surface area (Å²) in [6.07, 6.45) is 0. The lowest BCUT2D eigenvalue weighted by Crippen LogP contribution is -2.21. The molecule has 112 valence electrons. The van der Waals surface area contributed by atoms with Crippen molar-refractivity contribution in [1.82, 2.24) is 0 Å². The number of esters is 1. The molecule has 0 saturated heterocycles. The summed E-state index contributed by atoms with van der Waals surface area (Å²) < 4.78 is 5.00. The number of rotatable bonds is 4. The number of benzene rings is 1. The molecule has 0 aliphatic rings. The third kappa shape index (κ3) is 3.93. The Bertz CT molecular complexity index is 742. The maximum atomic E-state index is 11.9. The van der Waals surface area contributed by atoms with E-state index in [9.17, 15) is 9.59 Å². The van der Waals surface area contributed by atoms with E-state index in [0.29, 0.717) is 16.8 Å². The number of hydrogen-bond acceptors (Lipinski definition) is 5. The molecule has 1 N–H and O–H groups in total. The Balaban J connectivity index is 1.88. The summed E-state index contributed by atoms with van der Waals surface area (Å²) in [5.74, 6) is -0.931. The van der Waals surface area contributed by atoms with Gasteiger partial charge < -0.3 is 10.1 Å². The summed E-state index contributed by atoms with van der Waals surface area (Å²) in [6, 6.07) is 10.2. The molecule has 5 nitrogen and oxygen atoms in total. The van der Waals surface area contributed by atoms with Crippen molar-refractivity contribution >= 4 is 28.9 Å². The van der Waals surface area contributed by atoms with Gasteiger partial charge in [0.15, 0.2) is 6.61 Å². The van der Waals surface area contributed by atoms with Crippen LogP contribution in [0.3, 0.4) is 0 Å². The van der Waals surface area contributed by atoms with Gasteiger partial charge in [-0.15, -0.1) is 11.3 Å². The average molecular weight is 314 g/mol. The number of ether oxygens (including phenoxy) is 1. The van der Waals surface area contributed by atoms with Gasteiger partial charge in [0.25, 0.3) is 5.91 Å². The molecule has 0 atom stereocenters. The van der Waals surface area contributed by atoms with Crippen molar-refractivity contribution in [1.29, 1.82) is 5.26 Å². The van der Waals surface area contributed by atoms with Crippen LogP contribution in [0.2, 0.25) is 0 Å². The van der Waals surface area contributed by atoms with E-state index in [2.05, 4.69) is 5.32 Å². The molecule has 0 spiro atoms. The number of nitrogens with one attached hydrogen (secondary N) is 1. The molecule has 0 radical (unpaired) electrons. The van der Waals surface area contributed by atoms with Crippen LogP contribution in [-0.2, 0) is 9.53 Å². The van der Waals surface area contributed by atoms with Crippen LogP contribution in [-0.4, -0.2) is 18.5 Å². The summed E-state index contributed by atoms with van der Waals surface area (Å²) in [6.45, 7) is 3.39. The minimum absolute atomic E-state index is 0.354. The molecule has 22 heavy (non-hydrogen) atoms. The SMILES string of the molecule is Cc1cc(C(=O)OCC(=O)Nc2ccc(C#N)cc2)c(C)s1. The summed E-state index contributed by atoms with van der Waals surface area (Å²) in [4.78, 5) is 25.5. The lowest BCUT2D eigenvalue weighted by atomic mass is 10.2. The van der Waals surface area contributed by atoms with Crippen LogP contribution >= 0.6 is 11.3 Å². The number of anilines is 1. The zero-order valence-corrected chi connectivity index (χ0v) is 13.0. The third-order valence-corrected chi connectivity index (χ3v) is 3.86. The van der Waals surface area contributed by atoms with Gasteiger partial charge in [-0.1, -0.05) is 0 Å². The van der Waals surface area contributed by atoms with E-state index < -0.39 is 11.9 Å². The van der Waals surface area contributed by atoms with Gasteiger partial charge in [0.1, 0.15) is 0 Å². The van der Waals surface area contributed by atoms with E-state index in [-0.39, 0.29) is 6.61 Å². The second-order valence-electron chi connectivity index (χ2n) is 4.64. The molecule has 0 bridgehead atoms. The quantitative estimate of drug-likeness (QED) is 0.880. The van der Waals surface area contributed by atoms with Crippen molar-refractivity contribution in [2.24, 2.45) is 0 Å². The van der Waals surface area contributed by atoms with E-state index in [1.54, 1.807) is 30.3 Å². The van der Waals surface area contributed by atoms with Gasteiger partial charge in [-0.3, -0.25) is 4.79 Å². The van der Waals surface area contributed by atoms with Crippen LogP contribution in [0.4, 0.5) is 5.69 Å². The molecule has 1 heterocycles. The number of nitrogens with zero attached hydrogens (tertiary/aromatic N) is 1. The Kier molecular flexibility index (Phi) is 4.92. The molecule has 6 heteroatoms. The van der Waals surface area contributed by atoms with Crippen molar-refractivity contribution in [2.45, 2.75) is 13.8 Å². The first-order chi connectivity index (χ1) is 10.5. The lowest BCUT2D eigenvalue weighted by Gasteiger charge is -2.06. The molecule has 2 aromatic rings. The van der Waals surface area contributed by atoms with Gasteiger partial charge in [-0.2, -0.15) is 5.26 Å². The maximum Gasteiger partial charge on any atom is 0.339 e. The van der Waals surface area contributed by atoms with Crippen molar-refractivity contribution in [2.75, 3.05) is 11.9 Å². The topological polar surface area (TPSA) is 79.2 Å². The largest absolute Gasteiger partial charge is 0.452 e. The highest BCUT2D eigenvalue weighted by Crippen LogP contribution is 2.21. The molecular formula is C16H14N2O3S. The first kappa shape index (κ1) is 15.7. The molecule has 0 fully saturated rings. The minimum Gasteiger partial charge on any atom is -0.452 e. The minimum atomic E-state index is -0.503. The molecule has 0 aliphatic carbocycles. The van der Waals surface area contributed by atoms with Gasteiger partial charge in [-0.25, -0.2) is 4.79 Å². The van der Waals surface area contributed by atoms with Crippen LogP contribution in [0.15, 0.2) is 30.3 Å². The molecule has 0 saturated carbocycles. The van der Waals surface area contributed by atoms with Crippen LogP contribution in [0, 0.1) is 25.2 Å². The fourth-order valence-corrected chi connectivity index (χ4v) is 2.78. The van der Waals surface area contributed by atoms with Gasteiger partial charge >= 0.3 is 5.97 Å². The fourth-order valence-electron chi connectivity index (χ4n) is 1.87. The molecule has 0 aliphatic heterocycles. The van der Waals surface area contributed by atoms with Gasteiger partial charge in [0, 0.05) is 15.4 Å². The second kappa shape index (κ2) is 6.87. The number of amides is 1. The fraction of sp³-hybridized carbons (Fsp3) is 0.188. The van der Waals surface area contributed by atoms with E-state index in [1.165, 1.54) is 11.3 Å². The Morgan fingerprint density at radius 1 is 1.27 bits per heavy atom. The van der Waals surface area contributed by atoms with Crippen LogP contribution in [0.5, 0.6) is 0 Å². The van der Waals surface area contributed by atoms with Gasteiger partial charge in [0.2, 0.25) is 0 Å². The number of nitriles is 1. The third-order valence-electron chi connectivity index (χ3n) is 2.89. The molecule has 1 amide bonds. The highest BCUT2D eigenvalue weighted by Gasteiger charge is 2.15. The van der Waals surface area contributed by atoms with Crippen LogP contribution < -0.4 is 5.32 Å². The Morgan fingerprint density at radius 2 is 1.95 bits per heavy atom. The van der Waals surface area contributed by atoms with Crippen molar-refractivity contribution < 1.29 is 14.3 Å². The summed E-state index contributed by atoms with van der Waals surface area (Å²) in [7, 11) is 0. The van der Waals surface area contributed by atoms with Crippen molar-refractivity contribution in [3.05, 3.63) is 51.2 Å². The van der Waals surface area contributed by atoms with Crippen molar-refractivity contribution in [3.8, 4) is 6.07 Å². The number of carbonyl (C=O) groups is 2. The normalized spacial score (nSPS) is 9.86. The Labute approximate surface area is 132 Å². The molecule has 1 aromatic heterocycles. The predicted molar refractivity (Wildman–Crippen MR) is 83.9 cm³/mol. The zero-order valence-electron chi connectivity index (χ0n) is 12.2. The van der Waals surface area contributed by atoms with Gasteiger partial charge in [0.05, 0.1) is 17.2 Å². The first-order valence-electron chi connectivity index (χ1n) is 6.54. The second-order valence-corrected chi connectivity index (χ2v) is 6.10. The number of carbonyl (C=O) groups excluding carboxylic acids is 2. The Morgan fingerprint density at radius 3 is 2.50 bits per heavy atom. The number of aryl methyl sites for hydroxylation is 2. The Hall–Kier alpha value is -2.65. The standard InChI is InChI=1S/C16H14N2O3S/c1-10-7-14(11(2)22-10)16(20)21-9-15(19)18-13-5-3-12(8-17)4-6-13/h3-7H,9H2,1-2H3,(H,18,19). The monoisotopic (exact) mass is 314 g/mol. The summed E-state index contributed by atoms with van der Waals surface area (Å²) in [5.41, 5.74) is 1.55. The predicted octanol–water partition coefficient (Wildman–Crippen LogP) is 3.03. The summed E-state index contributed by atoms with van der Waals surface area (Å²) in [5, 5.41) is 11.3. The molecule has 1 aromatic carbocycles.